The predicted octanol–water partition coefficient (Wildman–Crippen LogP) is 3.66. The second-order valence-electron chi connectivity index (χ2n) is 7.01. The van der Waals surface area contributed by atoms with Crippen molar-refractivity contribution >= 4 is 15.7 Å². The van der Waals surface area contributed by atoms with Crippen LogP contribution in [0.4, 0.5) is 5.82 Å². The Morgan fingerprint density at radius 3 is 2.42 bits per heavy atom. The van der Waals surface area contributed by atoms with Crippen molar-refractivity contribution in [1.29, 1.82) is 0 Å². The van der Waals surface area contributed by atoms with Gasteiger partial charge >= 0.3 is 0 Å². The van der Waals surface area contributed by atoms with Crippen molar-refractivity contribution in [2.24, 2.45) is 0 Å². The zero-order valence-electron chi connectivity index (χ0n) is 16.9. The van der Waals surface area contributed by atoms with Gasteiger partial charge < -0.3 is 5.32 Å². The maximum absolute atomic E-state index is 11.6. The lowest BCUT2D eigenvalue weighted by atomic mass is 10.1. The van der Waals surface area contributed by atoms with Crippen molar-refractivity contribution < 1.29 is 8.42 Å². The molecular formula is C23H21N5O2S. The average molecular weight is 432 g/mol. The number of rotatable bonds is 7. The number of pyridine rings is 2. The van der Waals surface area contributed by atoms with E-state index in [0.29, 0.717) is 28.8 Å². The lowest BCUT2D eigenvalue weighted by molar-refractivity contribution is 0.602. The van der Waals surface area contributed by atoms with E-state index in [4.69, 9.17) is 0 Å². The molecule has 31 heavy (non-hydrogen) atoms. The standard InChI is InChI=1S/C23H21N5O2S/c1-31(29,30)19-9-7-17(8-10-19)11-14-26-22-15-21(18-5-4-12-24-16-18)27-23(28-22)20-6-2-3-13-25-20/h2-10,12-13,15-16H,11,14H2,1H3,(H,26,27,28). The number of hydrogen-bond acceptors (Lipinski definition) is 7. The molecule has 0 bridgehead atoms. The summed E-state index contributed by atoms with van der Waals surface area (Å²) in [6, 6.07) is 18.3. The average Bonchev–Trinajstić information content (AvgIpc) is 2.80. The molecule has 156 valence electrons. The molecule has 0 saturated heterocycles. The molecule has 0 saturated carbocycles. The van der Waals surface area contributed by atoms with Crippen LogP contribution in [-0.4, -0.2) is 41.2 Å². The molecule has 0 aliphatic carbocycles. The van der Waals surface area contributed by atoms with Crippen LogP contribution >= 0.6 is 0 Å². The Hall–Kier alpha value is -3.65. The minimum atomic E-state index is -3.19. The van der Waals surface area contributed by atoms with E-state index < -0.39 is 9.84 Å². The molecule has 1 aromatic carbocycles. The highest BCUT2D eigenvalue weighted by Gasteiger charge is 2.10. The van der Waals surface area contributed by atoms with Gasteiger partial charge in [0.2, 0.25) is 0 Å². The fraction of sp³-hybridized carbons (Fsp3) is 0.130. The summed E-state index contributed by atoms with van der Waals surface area (Å²) in [6.45, 7) is 0.628. The lowest BCUT2D eigenvalue weighted by Gasteiger charge is -2.10. The molecule has 0 spiro atoms. The topological polar surface area (TPSA) is 97.7 Å². The summed E-state index contributed by atoms with van der Waals surface area (Å²) >= 11 is 0. The first-order valence-corrected chi connectivity index (χ1v) is 11.6. The first kappa shape index (κ1) is 20.6. The van der Waals surface area contributed by atoms with Crippen LogP contribution in [0.3, 0.4) is 0 Å². The molecule has 4 aromatic rings. The third-order valence-corrected chi connectivity index (χ3v) is 5.78. The number of anilines is 1. The van der Waals surface area contributed by atoms with Gasteiger partial charge in [0.15, 0.2) is 15.7 Å². The van der Waals surface area contributed by atoms with Crippen molar-refractivity contribution in [2.75, 3.05) is 18.1 Å². The van der Waals surface area contributed by atoms with Crippen LogP contribution in [0.5, 0.6) is 0 Å². The molecule has 0 radical (unpaired) electrons. The predicted molar refractivity (Wildman–Crippen MR) is 120 cm³/mol. The fourth-order valence-corrected chi connectivity index (χ4v) is 3.68. The van der Waals surface area contributed by atoms with Crippen LogP contribution in [0.15, 0.2) is 84.1 Å². The van der Waals surface area contributed by atoms with Crippen molar-refractivity contribution in [2.45, 2.75) is 11.3 Å². The molecule has 0 unspecified atom stereocenters. The molecule has 0 aliphatic rings. The van der Waals surface area contributed by atoms with E-state index in [1.807, 2.05) is 48.5 Å². The Balaban J connectivity index is 1.54. The number of benzene rings is 1. The van der Waals surface area contributed by atoms with E-state index in [2.05, 4.69) is 25.3 Å². The molecule has 0 fully saturated rings. The SMILES string of the molecule is CS(=O)(=O)c1ccc(CCNc2cc(-c3cccnc3)nc(-c3ccccn3)n2)cc1. The Labute approximate surface area is 181 Å². The van der Waals surface area contributed by atoms with Gasteiger partial charge in [0.25, 0.3) is 0 Å². The summed E-state index contributed by atoms with van der Waals surface area (Å²) in [4.78, 5) is 18.1. The summed E-state index contributed by atoms with van der Waals surface area (Å²) in [5.41, 5.74) is 3.37. The fourth-order valence-electron chi connectivity index (χ4n) is 3.05. The van der Waals surface area contributed by atoms with E-state index in [0.717, 1.165) is 23.2 Å². The van der Waals surface area contributed by atoms with Gasteiger partial charge in [0, 0.05) is 43.0 Å². The molecule has 7 nitrogen and oxygen atoms in total. The van der Waals surface area contributed by atoms with Gasteiger partial charge in [0.1, 0.15) is 11.5 Å². The Morgan fingerprint density at radius 1 is 0.903 bits per heavy atom. The van der Waals surface area contributed by atoms with Gasteiger partial charge in [-0.3, -0.25) is 9.97 Å². The van der Waals surface area contributed by atoms with Crippen LogP contribution in [0.25, 0.3) is 22.8 Å². The second-order valence-corrected chi connectivity index (χ2v) is 9.03. The molecule has 0 atom stereocenters. The van der Waals surface area contributed by atoms with E-state index in [9.17, 15) is 8.42 Å². The van der Waals surface area contributed by atoms with Crippen molar-refractivity contribution in [3.05, 3.63) is 84.8 Å². The Bertz CT molecular complexity index is 1200. The van der Waals surface area contributed by atoms with Crippen LogP contribution in [0.2, 0.25) is 0 Å². The molecule has 0 aliphatic heterocycles. The summed E-state index contributed by atoms with van der Waals surface area (Å²) in [7, 11) is -3.19. The summed E-state index contributed by atoms with van der Waals surface area (Å²) in [6.07, 6.45) is 7.12. The Morgan fingerprint density at radius 2 is 1.74 bits per heavy atom. The third-order valence-electron chi connectivity index (χ3n) is 4.65. The first-order valence-electron chi connectivity index (χ1n) is 9.73. The minimum Gasteiger partial charge on any atom is -0.370 e. The third kappa shape index (κ3) is 5.29. The second kappa shape index (κ2) is 9.01. The zero-order valence-corrected chi connectivity index (χ0v) is 17.7. The number of nitrogens with one attached hydrogen (secondary N) is 1. The van der Waals surface area contributed by atoms with Crippen molar-refractivity contribution in [1.82, 2.24) is 19.9 Å². The smallest absolute Gasteiger partial charge is 0.180 e. The van der Waals surface area contributed by atoms with Gasteiger partial charge in [-0.25, -0.2) is 18.4 Å². The summed E-state index contributed by atoms with van der Waals surface area (Å²) in [5, 5.41) is 3.34. The number of sulfone groups is 1. The van der Waals surface area contributed by atoms with Gasteiger partial charge in [-0.05, 0) is 48.4 Å². The highest BCUT2D eigenvalue weighted by Crippen LogP contribution is 2.23. The van der Waals surface area contributed by atoms with E-state index in [1.54, 1.807) is 30.7 Å². The summed E-state index contributed by atoms with van der Waals surface area (Å²) in [5.74, 6) is 1.21. The minimum absolute atomic E-state index is 0.320. The van der Waals surface area contributed by atoms with E-state index in [1.165, 1.54) is 6.26 Å². The van der Waals surface area contributed by atoms with Crippen molar-refractivity contribution in [3.63, 3.8) is 0 Å². The molecule has 8 heteroatoms. The number of nitrogens with zero attached hydrogens (tertiary/aromatic N) is 4. The van der Waals surface area contributed by atoms with Crippen LogP contribution in [-0.2, 0) is 16.3 Å². The molecular weight excluding hydrogens is 410 g/mol. The Kier molecular flexibility index (Phi) is 5.99. The maximum atomic E-state index is 11.6. The van der Waals surface area contributed by atoms with Crippen LogP contribution in [0.1, 0.15) is 5.56 Å². The quantitative estimate of drug-likeness (QED) is 0.477. The van der Waals surface area contributed by atoms with Gasteiger partial charge in [-0.15, -0.1) is 0 Å². The molecule has 4 rings (SSSR count). The number of hydrogen-bond donors (Lipinski definition) is 1. The van der Waals surface area contributed by atoms with Crippen molar-refractivity contribution in [3.8, 4) is 22.8 Å². The van der Waals surface area contributed by atoms with Gasteiger partial charge in [0.05, 0.1) is 10.6 Å². The van der Waals surface area contributed by atoms with Gasteiger partial charge in [-0.2, -0.15) is 0 Å². The maximum Gasteiger partial charge on any atom is 0.180 e. The lowest BCUT2D eigenvalue weighted by Crippen LogP contribution is -2.08. The molecule has 1 N–H and O–H groups in total. The van der Waals surface area contributed by atoms with E-state index in [-0.39, 0.29) is 0 Å². The zero-order chi connectivity index (χ0) is 21.7. The first-order chi connectivity index (χ1) is 15.0. The molecule has 3 heterocycles. The number of aromatic nitrogens is 4. The summed E-state index contributed by atoms with van der Waals surface area (Å²) < 4.78 is 23.2. The van der Waals surface area contributed by atoms with E-state index >= 15 is 0 Å². The monoisotopic (exact) mass is 431 g/mol. The molecule has 0 amide bonds. The highest BCUT2D eigenvalue weighted by molar-refractivity contribution is 7.90. The normalized spacial score (nSPS) is 11.3. The highest BCUT2D eigenvalue weighted by atomic mass is 32.2. The van der Waals surface area contributed by atoms with Gasteiger partial charge in [-0.1, -0.05) is 18.2 Å². The van der Waals surface area contributed by atoms with Crippen LogP contribution in [0, 0.1) is 0 Å². The molecule has 3 aromatic heterocycles. The largest absolute Gasteiger partial charge is 0.370 e. The van der Waals surface area contributed by atoms with Crippen LogP contribution < -0.4 is 5.32 Å².